The number of nitrogens with zero attached hydrogens (tertiary/aromatic N) is 2. The van der Waals surface area contributed by atoms with E-state index in [0.717, 1.165) is 28.6 Å². The predicted octanol–water partition coefficient (Wildman–Crippen LogP) is 3.56. The zero-order valence-electron chi connectivity index (χ0n) is 12.3. The second-order valence-electron chi connectivity index (χ2n) is 5.24. The van der Waals surface area contributed by atoms with Gasteiger partial charge < -0.3 is 0 Å². The summed E-state index contributed by atoms with van der Waals surface area (Å²) in [6.07, 6.45) is 1.33. The van der Waals surface area contributed by atoms with Crippen molar-refractivity contribution in [2.75, 3.05) is 0 Å². The lowest BCUT2D eigenvalue weighted by molar-refractivity contribution is 0.0992. The monoisotopic (exact) mass is 278 g/mol. The molecule has 0 unspecified atom stereocenters. The lowest BCUT2D eigenvalue weighted by atomic mass is 10.0. The van der Waals surface area contributed by atoms with Gasteiger partial charge in [0, 0.05) is 18.0 Å². The van der Waals surface area contributed by atoms with Gasteiger partial charge in [0.15, 0.2) is 5.78 Å². The molecule has 1 heterocycles. The van der Waals surface area contributed by atoms with Gasteiger partial charge in [0.1, 0.15) is 0 Å². The zero-order valence-corrected chi connectivity index (χ0v) is 12.3. The van der Waals surface area contributed by atoms with Crippen LogP contribution in [0.25, 0.3) is 10.9 Å². The highest BCUT2D eigenvalue weighted by Crippen LogP contribution is 2.19. The van der Waals surface area contributed by atoms with E-state index in [1.165, 1.54) is 5.56 Å². The summed E-state index contributed by atoms with van der Waals surface area (Å²) in [7, 11) is 1.91. The molecule has 0 fully saturated rings. The Morgan fingerprint density at radius 2 is 1.81 bits per heavy atom. The maximum atomic E-state index is 12.4. The molecule has 1 aromatic heterocycles. The minimum absolute atomic E-state index is 0.113. The van der Waals surface area contributed by atoms with Gasteiger partial charge in [-0.3, -0.25) is 9.48 Å². The molecule has 0 radical (unpaired) electrons. The summed E-state index contributed by atoms with van der Waals surface area (Å²) in [5, 5.41) is 5.54. The van der Waals surface area contributed by atoms with Crippen molar-refractivity contribution in [2.24, 2.45) is 7.05 Å². The van der Waals surface area contributed by atoms with E-state index in [1.54, 1.807) is 0 Å². The topological polar surface area (TPSA) is 34.9 Å². The normalized spacial score (nSPS) is 11.0. The summed E-state index contributed by atoms with van der Waals surface area (Å²) >= 11 is 0. The van der Waals surface area contributed by atoms with Crippen molar-refractivity contribution in [1.82, 2.24) is 9.78 Å². The van der Waals surface area contributed by atoms with E-state index < -0.39 is 0 Å². The molecule has 0 saturated heterocycles. The first-order valence-electron chi connectivity index (χ1n) is 7.22. The van der Waals surface area contributed by atoms with E-state index in [1.807, 2.05) is 60.3 Å². The summed E-state index contributed by atoms with van der Waals surface area (Å²) in [4.78, 5) is 12.4. The molecule has 0 N–H and O–H groups in total. The Morgan fingerprint density at radius 3 is 2.52 bits per heavy atom. The molecule has 21 heavy (non-hydrogen) atoms. The van der Waals surface area contributed by atoms with Gasteiger partial charge in [-0.05, 0) is 18.1 Å². The number of hydrogen-bond donors (Lipinski definition) is 0. The smallest absolute Gasteiger partial charge is 0.168 e. The SMILES string of the molecule is CCc1ccc(C(=O)Cc2nn(C)c3ccccc23)cc1. The molecule has 3 rings (SSSR count). The quantitative estimate of drug-likeness (QED) is 0.684. The number of hydrogen-bond acceptors (Lipinski definition) is 2. The number of benzene rings is 2. The Balaban J connectivity index is 1.89. The molecule has 3 heteroatoms. The highest BCUT2D eigenvalue weighted by atomic mass is 16.1. The van der Waals surface area contributed by atoms with Crippen molar-refractivity contribution in [1.29, 1.82) is 0 Å². The van der Waals surface area contributed by atoms with Crippen molar-refractivity contribution in [3.63, 3.8) is 0 Å². The molecule has 0 bridgehead atoms. The molecule has 0 spiro atoms. The van der Waals surface area contributed by atoms with Crippen LogP contribution < -0.4 is 0 Å². The minimum Gasteiger partial charge on any atom is -0.294 e. The molecule has 0 aliphatic rings. The van der Waals surface area contributed by atoms with Gasteiger partial charge in [0.2, 0.25) is 0 Å². The molecule has 0 amide bonds. The number of carbonyl (C=O) groups is 1. The van der Waals surface area contributed by atoms with Crippen LogP contribution in [0.5, 0.6) is 0 Å². The van der Waals surface area contributed by atoms with E-state index in [9.17, 15) is 4.79 Å². The third-order valence-electron chi connectivity index (χ3n) is 3.85. The van der Waals surface area contributed by atoms with Crippen molar-refractivity contribution in [3.05, 3.63) is 65.4 Å². The summed E-state index contributed by atoms with van der Waals surface area (Å²) in [6, 6.07) is 15.9. The molecule has 3 nitrogen and oxygen atoms in total. The molecule has 0 saturated carbocycles. The first-order chi connectivity index (χ1) is 10.2. The largest absolute Gasteiger partial charge is 0.294 e. The van der Waals surface area contributed by atoms with Gasteiger partial charge in [-0.15, -0.1) is 0 Å². The maximum Gasteiger partial charge on any atom is 0.168 e. The van der Waals surface area contributed by atoms with Crippen molar-refractivity contribution < 1.29 is 4.79 Å². The third kappa shape index (κ3) is 2.59. The van der Waals surface area contributed by atoms with Gasteiger partial charge in [-0.1, -0.05) is 49.4 Å². The fraction of sp³-hybridized carbons (Fsp3) is 0.222. The summed E-state index contributed by atoms with van der Waals surface area (Å²) in [5.74, 6) is 0.113. The number of para-hydroxylation sites is 1. The Morgan fingerprint density at radius 1 is 1.10 bits per heavy atom. The number of ketones is 1. The second-order valence-corrected chi connectivity index (χ2v) is 5.24. The van der Waals surface area contributed by atoms with Crippen LogP contribution in [0, 0.1) is 0 Å². The van der Waals surface area contributed by atoms with Gasteiger partial charge in [0.05, 0.1) is 17.6 Å². The molecular weight excluding hydrogens is 260 g/mol. The van der Waals surface area contributed by atoms with Gasteiger partial charge in [0.25, 0.3) is 0 Å². The Hall–Kier alpha value is -2.42. The second kappa shape index (κ2) is 5.52. The number of carbonyl (C=O) groups excluding carboxylic acids is 1. The number of rotatable bonds is 4. The molecular formula is C18H18N2O. The first kappa shape index (κ1) is 13.6. The van der Waals surface area contributed by atoms with Crippen LogP contribution in [0.2, 0.25) is 0 Å². The number of fused-ring (bicyclic) bond motifs is 1. The number of aromatic nitrogens is 2. The van der Waals surface area contributed by atoms with E-state index in [4.69, 9.17) is 0 Å². The molecule has 0 aliphatic heterocycles. The van der Waals surface area contributed by atoms with Crippen molar-refractivity contribution in [3.8, 4) is 0 Å². The van der Waals surface area contributed by atoms with Crippen LogP contribution in [0.1, 0.15) is 28.5 Å². The highest BCUT2D eigenvalue weighted by molar-refractivity contribution is 5.99. The lowest BCUT2D eigenvalue weighted by Crippen LogP contribution is -2.05. The molecule has 0 atom stereocenters. The highest BCUT2D eigenvalue weighted by Gasteiger charge is 2.13. The van der Waals surface area contributed by atoms with Crippen LogP contribution in [0.3, 0.4) is 0 Å². The number of Topliss-reactive ketones (excluding diaryl/α,β-unsaturated/α-hetero) is 1. The fourth-order valence-corrected chi connectivity index (χ4v) is 2.60. The van der Waals surface area contributed by atoms with Crippen LogP contribution in [0.4, 0.5) is 0 Å². The average molecular weight is 278 g/mol. The van der Waals surface area contributed by atoms with Crippen LogP contribution in [-0.2, 0) is 19.9 Å². The van der Waals surface area contributed by atoms with Gasteiger partial charge in [-0.2, -0.15) is 5.10 Å². The van der Waals surface area contributed by atoms with Crippen molar-refractivity contribution >= 4 is 16.7 Å². The van der Waals surface area contributed by atoms with Crippen LogP contribution >= 0.6 is 0 Å². The fourth-order valence-electron chi connectivity index (χ4n) is 2.60. The van der Waals surface area contributed by atoms with Crippen LogP contribution in [-0.4, -0.2) is 15.6 Å². The predicted molar refractivity (Wildman–Crippen MR) is 84.6 cm³/mol. The average Bonchev–Trinajstić information content (AvgIpc) is 2.84. The third-order valence-corrected chi connectivity index (χ3v) is 3.85. The summed E-state index contributed by atoms with van der Waals surface area (Å²) < 4.78 is 1.83. The molecule has 0 aliphatic carbocycles. The molecule has 2 aromatic carbocycles. The summed E-state index contributed by atoms with van der Waals surface area (Å²) in [6.45, 7) is 2.11. The van der Waals surface area contributed by atoms with Crippen LogP contribution in [0.15, 0.2) is 48.5 Å². The van der Waals surface area contributed by atoms with Crippen molar-refractivity contribution in [2.45, 2.75) is 19.8 Å². The van der Waals surface area contributed by atoms with E-state index >= 15 is 0 Å². The number of aryl methyl sites for hydroxylation is 2. The lowest BCUT2D eigenvalue weighted by Gasteiger charge is -2.01. The minimum atomic E-state index is 0.113. The zero-order chi connectivity index (χ0) is 14.8. The van der Waals surface area contributed by atoms with E-state index in [-0.39, 0.29) is 5.78 Å². The standard InChI is InChI=1S/C18H18N2O/c1-3-13-8-10-14(11-9-13)18(21)12-16-15-6-4-5-7-17(15)20(2)19-16/h4-11H,3,12H2,1-2H3. The first-order valence-corrected chi connectivity index (χ1v) is 7.22. The Bertz CT molecular complexity index is 785. The molecule has 3 aromatic rings. The van der Waals surface area contributed by atoms with E-state index in [2.05, 4.69) is 12.0 Å². The van der Waals surface area contributed by atoms with E-state index in [0.29, 0.717) is 6.42 Å². The Labute approximate surface area is 124 Å². The molecule has 106 valence electrons. The van der Waals surface area contributed by atoms with Gasteiger partial charge >= 0.3 is 0 Å². The van der Waals surface area contributed by atoms with Gasteiger partial charge in [-0.25, -0.2) is 0 Å². The summed E-state index contributed by atoms with van der Waals surface area (Å²) in [5.41, 5.74) is 3.90. The maximum absolute atomic E-state index is 12.4. The Kier molecular flexibility index (Phi) is 3.57.